The zero-order chi connectivity index (χ0) is 15.4. The van der Waals surface area contributed by atoms with Crippen LogP contribution in [-0.2, 0) is 4.79 Å². The van der Waals surface area contributed by atoms with Crippen LogP contribution in [0.15, 0.2) is 85.0 Å². The van der Waals surface area contributed by atoms with Crippen LogP contribution >= 0.6 is 0 Å². The molecule has 22 heavy (non-hydrogen) atoms. The van der Waals surface area contributed by atoms with Gasteiger partial charge in [0.1, 0.15) is 5.41 Å². The minimum Gasteiger partial charge on any atom is -0.481 e. The third kappa shape index (κ3) is 2.48. The third-order valence-electron chi connectivity index (χ3n) is 4.28. The molecular weight excluding hydrogens is 272 g/mol. The van der Waals surface area contributed by atoms with Crippen molar-refractivity contribution in [3.05, 3.63) is 96.1 Å². The van der Waals surface area contributed by atoms with Crippen molar-refractivity contribution < 1.29 is 9.90 Å². The van der Waals surface area contributed by atoms with Crippen LogP contribution in [0.5, 0.6) is 0 Å². The molecule has 2 nitrogen and oxygen atoms in total. The van der Waals surface area contributed by atoms with Crippen molar-refractivity contribution in [1.82, 2.24) is 0 Å². The van der Waals surface area contributed by atoms with Crippen LogP contribution in [0.4, 0.5) is 0 Å². The molecule has 0 saturated heterocycles. The molecule has 0 radical (unpaired) electrons. The maximum atomic E-state index is 12.2. The Bertz CT molecular complexity index is 662. The van der Waals surface area contributed by atoms with Gasteiger partial charge in [0.25, 0.3) is 0 Å². The van der Waals surface area contributed by atoms with Crippen molar-refractivity contribution in [2.45, 2.75) is 12.3 Å². The van der Waals surface area contributed by atoms with E-state index in [2.05, 4.69) is 0 Å². The lowest BCUT2D eigenvalue weighted by molar-refractivity contribution is -0.146. The van der Waals surface area contributed by atoms with E-state index in [0.29, 0.717) is 6.42 Å². The molecule has 3 rings (SSSR count). The van der Waals surface area contributed by atoms with Gasteiger partial charge in [-0.2, -0.15) is 0 Å². The van der Waals surface area contributed by atoms with Crippen LogP contribution in [-0.4, -0.2) is 11.1 Å². The van der Waals surface area contributed by atoms with Gasteiger partial charge in [-0.15, -0.1) is 0 Å². The molecule has 0 aromatic heterocycles. The lowest BCUT2D eigenvalue weighted by Crippen LogP contribution is -2.36. The quantitative estimate of drug-likeness (QED) is 0.905. The molecule has 0 heterocycles. The topological polar surface area (TPSA) is 37.3 Å². The molecule has 0 aliphatic heterocycles. The van der Waals surface area contributed by atoms with Crippen LogP contribution in [0.1, 0.15) is 23.5 Å². The summed E-state index contributed by atoms with van der Waals surface area (Å²) >= 11 is 0. The normalized spacial score (nSPS) is 20.2. The van der Waals surface area contributed by atoms with E-state index in [-0.39, 0.29) is 5.92 Å². The molecule has 1 N–H and O–H groups in total. The van der Waals surface area contributed by atoms with Gasteiger partial charge in [-0.25, -0.2) is 0 Å². The smallest absolute Gasteiger partial charge is 0.314 e. The Morgan fingerprint density at radius 2 is 1.45 bits per heavy atom. The summed E-state index contributed by atoms with van der Waals surface area (Å²) in [6.07, 6.45) is 8.02. The summed E-state index contributed by atoms with van der Waals surface area (Å²) in [7, 11) is 0. The predicted molar refractivity (Wildman–Crippen MR) is 87.7 cm³/mol. The summed E-state index contributed by atoms with van der Waals surface area (Å²) in [6, 6.07) is 19.8. The highest BCUT2D eigenvalue weighted by Crippen LogP contribution is 2.46. The highest BCUT2D eigenvalue weighted by molar-refractivity contribution is 5.80. The first-order valence-corrected chi connectivity index (χ1v) is 7.42. The Labute approximate surface area is 130 Å². The van der Waals surface area contributed by atoms with E-state index in [0.717, 1.165) is 11.1 Å². The van der Waals surface area contributed by atoms with Gasteiger partial charge in [-0.05, 0) is 17.5 Å². The fraction of sp³-hybridized carbons (Fsp3) is 0.150. The monoisotopic (exact) mass is 290 g/mol. The van der Waals surface area contributed by atoms with E-state index in [1.165, 1.54) is 0 Å². The second-order valence-electron chi connectivity index (χ2n) is 5.59. The molecule has 0 spiro atoms. The average Bonchev–Trinajstić information content (AvgIpc) is 2.58. The van der Waals surface area contributed by atoms with Gasteiger partial charge in [0.15, 0.2) is 0 Å². The molecule has 0 bridgehead atoms. The van der Waals surface area contributed by atoms with Crippen LogP contribution in [0, 0.1) is 5.41 Å². The molecule has 0 amide bonds. The SMILES string of the molecule is O=C(O)C1(C(c2ccccc2)c2ccccc2)C=CC=CC1. The largest absolute Gasteiger partial charge is 0.481 e. The number of rotatable bonds is 4. The van der Waals surface area contributed by atoms with Crippen molar-refractivity contribution in [1.29, 1.82) is 0 Å². The third-order valence-corrected chi connectivity index (χ3v) is 4.28. The van der Waals surface area contributed by atoms with E-state index < -0.39 is 11.4 Å². The van der Waals surface area contributed by atoms with Gasteiger partial charge in [-0.3, -0.25) is 4.79 Å². The second kappa shape index (κ2) is 6.02. The van der Waals surface area contributed by atoms with Crippen LogP contribution in [0.25, 0.3) is 0 Å². The predicted octanol–water partition coefficient (Wildman–Crippen LogP) is 4.41. The Hall–Kier alpha value is -2.61. The van der Waals surface area contributed by atoms with E-state index in [4.69, 9.17) is 0 Å². The zero-order valence-electron chi connectivity index (χ0n) is 12.2. The van der Waals surface area contributed by atoms with E-state index in [9.17, 15) is 9.90 Å². The summed E-state index contributed by atoms with van der Waals surface area (Å²) in [4.78, 5) is 12.2. The molecule has 2 aromatic rings. The molecule has 2 aromatic carbocycles. The number of carbonyl (C=O) groups is 1. The maximum absolute atomic E-state index is 12.2. The molecule has 110 valence electrons. The number of carboxylic acids is 1. The maximum Gasteiger partial charge on any atom is 0.314 e. The molecular formula is C20H18O2. The van der Waals surface area contributed by atoms with Crippen LogP contribution in [0.2, 0.25) is 0 Å². The molecule has 0 fully saturated rings. The summed E-state index contributed by atoms with van der Waals surface area (Å²) < 4.78 is 0. The van der Waals surface area contributed by atoms with Crippen molar-refractivity contribution in [3.8, 4) is 0 Å². The molecule has 1 aliphatic rings. The Kier molecular flexibility index (Phi) is 3.92. The summed E-state index contributed by atoms with van der Waals surface area (Å²) in [5.41, 5.74) is 1.10. The van der Waals surface area contributed by atoms with Crippen molar-refractivity contribution >= 4 is 5.97 Å². The van der Waals surface area contributed by atoms with Crippen molar-refractivity contribution in [2.24, 2.45) is 5.41 Å². The van der Waals surface area contributed by atoms with Gasteiger partial charge in [0, 0.05) is 5.92 Å². The van der Waals surface area contributed by atoms with Gasteiger partial charge in [0.05, 0.1) is 0 Å². The van der Waals surface area contributed by atoms with Gasteiger partial charge >= 0.3 is 5.97 Å². The minimum absolute atomic E-state index is 0.214. The minimum atomic E-state index is -0.947. The highest BCUT2D eigenvalue weighted by Gasteiger charge is 2.45. The average molecular weight is 290 g/mol. The number of benzene rings is 2. The molecule has 1 atom stereocenters. The summed E-state index contributed by atoms with van der Waals surface area (Å²) in [5.74, 6) is -1.00. The number of aliphatic carboxylic acids is 1. The molecule has 1 aliphatic carbocycles. The fourth-order valence-corrected chi connectivity index (χ4v) is 3.21. The highest BCUT2D eigenvalue weighted by atomic mass is 16.4. The molecule has 2 heteroatoms. The van der Waals surface area contributed by atoms with E-state index in [1.54, 1.807) is 0 Å². The number of hydrogen-bond acceptors (Lipinski definition) is 1. The zero-order valence-corrected chi connectivity index (χ0v) is 12.2. The van der Waals surface area contributed by atoms with Crippen LogP contribution < -0.4 is 0 Å². The van der Waals surface area contributed by atoms with Gasteiger partial charge in [0.2, 0.25) is 0 Å². The Balaban J connectivity index is 2.19. The first-order chi connectivity index (χ1) is 10.7. The Morgan fingerprint density at radius 3 is 1.86 bits per heavy atom. The summed E-state index contributed by atoms with van der Waals surface area (Å²) in [5, 5.41) is 10.00. The molecule has 1 unspecified atom stereocenters. The van der Waals surface area contributed by atoms with Crippen molar-refractivity contribution in [3.63, 3.8) is 0 Å². The van der Waals surface area contributed by atoms with E-state index in [1.807, 2.05) is 85.0 Å². The van der Waals surface area contributed by atoms with Crippen molar-refractivity contribution in [2.75, 3.05) is 0 Å². The molecule has 0 saturated carbocycles. The number of carboxylic acid groups (broad SMARTS) is 1. The van der Waals surface area contributed by atoms with Crippen LogP contribution in [0.3, 0.4) is 0 Å². The lowest BCUT2D eigenvalue weighted by atomic mass is 9.65. The number of allylic oxidation sites excluding steroid dienone is 3. The second-order valence-corrected chi connectivity index (χ2v) is 5.59. The first-order valence-electron chi connectivity index (χ1n) is 7.42. The summed E-state index contributed by atoms with van der Waals surface area (Å²) in [6.45, 7) is 0. The fourth-order valence-electron chi connectivity index (χ4n) is 3.21. The van der Waals surface area contributed by atoms with E-state index >= 15 is 0 Å². The standard InChI is InChI=1S/C20H18O2/c21-19(22)20(14-8-3-9-15-20)18(16-10-4-1-5-11-16)17-12-6-2-7-13-17/h1-14,18H,15H2,(H,21,22). The first kappa shape index (κ1) is 14.3. The lowest BCUT2D eigenvalue weighted by Gasteiger charge is -2.36. The number of hydrogen-bond donors (Lipinski definition) is 1. The Morgan fingerprint density at radius 1 is 0.909 bits per heavy atom. The van der Waals surface area contributed by atoms with Gasteiger partial charge in [-0.1, -0.05) is 85.0 Å². The van der Waals surface area contributed by atoms with Gasteiger partial charge < -0.3 is 5.11 Å².